The minimum absolute atomic E-state index is 0.457. The van der Waals surface area contributed by atoms with E-state index < -0.39 is 28.0 Å². The van der Waals surface area contributed by atoms with Crippen molar-refractivity contribution in [2.75, 3.05) is 25.9 Å². The second-order valence-corrected chi connectivity index (χ2v) is 9.71. The highest BCUT2D eigenvalue weighted by molar-refractivity contribution is 7.84. The molecular formula is C20H34N4O3S. The van der Waals surface area contributed by atoms with E-state index in [1.807, 2.05) is 65.0 Å². The molecule has 0 spiro atoms. The van der Waals surface area contributed by atoms with Crippen molar-refractivity contribution in [3.05, 3.63) is 35.9 Å². The van der Waals surface area contributed by atoms with Gasteiger partial charge >= 0.3 is 6.09 Å². The SMILES string of the molecule is CN=C(NCCS(=O)Cc1ccccc1)NCC(C)(C)NC(=O)OC(C)(C)C. The third kappa shape index (κ3) is 10.9. The predicted molar refractivity (Wildman–Crippen MR) is 116 cm³/mol. The number of hydrogen-bond donors (Lipinski definition) is 3. The lowest BCUT2D eigenvalue weighted by molar-refractivity contribution is 0.0474. The number of amides is 1. The summed E-state index contributed by atoms with van der Waals surface area (Å²) in [4.78, 5) is 16.1. The Bertz CT molecular complexity index is 670. The van der Waals surface area contributed by atoms with Crippen LogP contribution in [0.5, 0.6) is 0 Å². The van der Waals surface area contributed by atoms with Crippen molar-refractivity contribution in [2.24, 2.45) is 4.99 Å². The van der Waals surface area contributed by atoms with E-state index in [-0.39, 0.29) is 0 Å². The summed E-state index contributed by atoms with van der Waals surface area (Å²) in [7, 11) is 0.724. The Kier molecular flexibility index (Phi) is 9.45. The zero-order valence-electron chi connectivity index (χ0n) is 17.8. The van der Waals surface area contributed by atoms with Gasteiger partial charge in [0.15, 0.2) is 5.96 Å². The Labute approximate surface area is 171 Å². The van der Waals surface area contributed by atoms with Crippen LogP contribution in [0.3, 0.4) is 0 Å². The van der Waals surface area contributed by atoms with E-state index >= 15 is 0 Å². The number of aliphatic imine (C=N–C) groups is 1. The van der Waals surface area contributed by atoms with Crippen LogP contribution >= 0.6 is 0 Å². The van der Waals surface area contributed by atoms with Gasteiger partial charge in [-0.2, -0.15) is 0 Å². The van der Waals surface area contributed by atoms with Crippen LogP contribution in [-0.4, -0.2) is 53.3 Å². The Morgan fingerprint density at radius 3 is 2.32 bits per heavy atom. The Hall–Kier alpha value is -2.09. The summed E-state index contributed by atoms with van der Waals surface area (Å²) in [6.45, 7) is 10.3. The van der Waals surface area contributed by atoms with Crippen LogP contribution in [0.4, 0.5) is 4.79 Å². The van der Waals surface area contributed by atoms with Gasteiger partial charge in [-0.25, -0.2) is 4.79 Å². The van der Waals surface area contributed by atoms with Gasteiger partial charge in [-0.3, -0.25) is 9.20 Å². The van der Waals surface area contributed by atoms with Gasteiger partial charge in [0.05, 0.1) is 5.54 Å². The number of carbonyl (C=O) groups excluding carboxylic acids is 1. The van der Waals surface area contributed by atoms with Crippen LogP contribution in [0.2, 0.25) is 0 Å². The van der Waals surface area contributed by atoms with Crippen LogP contribution in [0.25, 0.3) is 0 Å². The summed E-state index contributed by atoms with van der Waals surface area (Å²) in [5.74, 6) is 1.66. The maximum Gasteiger partial charge on any atom is 0.408 e. The first-order valence-electron chi connectivity index (χ1n) is 9.35. The highest BCUT2D eigenvalue weighted by atomic mass is 32.2. The van der Waals surface area contributed by atoms with Crippen LogP contribution in [-0.2, 0) is 21.3 Å². The fourth-order valence-electron chi connectivity index (χ4n) is 2.26. The highest BCUT2D eigenvalue weighted by Gasteiger charge is 2.24. The molecule has 0 bridgehead atoms. The number of alkyl carbamates (subject to hydrolysis) is 1. The smallest absolute Gasteiger partial charge is 0.408 e. The highest BCUT2D eigenvalue weighted by Crippen LogP contribution is 2.09. The van der Waals surface area contributed by atoms with Crippen molar-refractivity contribution in [3.8, 4) is 0 Å². The molecule has 7 nitrogen and oxygen atoms in total. The first-order valence-corrected chi connectivity index (χ1v) is 10.8. The first kappa shape index (κ1) is 23.9. The quantitative estimate of drug-likeness (QED) is 0.452. The van der Waals surface area contributed by atoms with Gasteiger partial charge in [0, 0.05) is 42.4 Å². The molecule has 1 rings (SSSR count). The van der Waals surface area contributed by atoms with Gasteiger partial charge in [-0.1, -0.05) is 30.3 Å². The lowest BCUT2D eigenvalue weighted by atomic mass is 10.1. The molecule has 0 aliphatic carbocycles. The lowest BCUT2D eigenvalue weighted by Crippen LogP contribution is -2.54. The minimum atomic E-state index is -0.947. The second-order valence-electron chi connectivity index (χ2n) is 8.14. The molecule has 158 valence electrons. The van der Waals surface area contributed by atoms with Gasteiger partial charge in [-0.05, 0) is 40.2 Å². The van der Waals surface area contributed by atoms with Gasteiger partial charge < -0.3 is 20.7 Å². The number of benzene rings is 1. The number of rotatable bonds is 8. The maximum absolute atomic E-state index is 12.2. The molecule has 8 heteroatoms. The number of nitrogens with zero attached hydrogens (tertiary/aromatic N) is 1. The molecule has 0 saturated carbocycles. The zero-order chi connectivity index (χ0) is 21.2. The molecule has 0 radical (unpaired) electrons. The average molecular weight is 411 g/mol. The molecular weight excluding hydrogens is 376 g/mol. The minimum Gasteiger partial charge on any atom is -0.444 e. The van der Waals surface area contributed by atoms with E-state index in [0.717, 1.165) is 5.56 Å². The monoisotopic (exact) mass is 410 g/mol. The van der Waals surface area contributed by atoms with E-state index in [9.17, 15) is 9.00 Å². The zero-order valence-corrected chi connectivity index (χ0v) is 18.6. The number of guanidine groups is 1. The molecule has 1 aromatic rings. The van der Waals surface area contributed by atoms with Crippen molar-refractivity contribution >= 4 is 22.9 Å². The Balaban J connectivity index is 2.35. The van der Waals surface area contributed by atoms with Crippen LogP contribution in [0, 0.1) is 0 Å². The van der Waals surface area contributed by atoms with Crippen molar-refractivity contribution in [3.63, 3.8) is 0 Å². The van der Waals surface area contributed by atoms with E-state index in [4.69, 9.17) is 4.74 Å². The third-order valence-corrected chi connectivity index (χ3v) is 4.87. The Morgan fingerprint density at radius 1 is 1.11 bits per heavy atom. The summed E-state index contributed by atoms with van der Waals surface area (Å²) in [5, 5.41) is 9.16. The van der Waals surface area contributed by atoms with E-state index in [1.165, 1.54) is 0 Å². The van der Waals surface area contributed by atoms with Crippen molar-refractivity contribution in [1.82, 2.24) is 16.0 Å². The standard InChI is InChI=1S/C20H34N4O3S/c1-19(2,3)27-18(25)24-20(4,5)15-23-17(21-6)22-12-13-28(26)14-16-10-8-7-9-11-16/h7-11H,12-15H2,1-6H3,(H,24,25)(H2,21,22,23). The van der Waals surface area contributed by atoms with Crippen LogP contribution in [0.1, 0.15) is 40.2 Å². The first-order chi connectivity index (χ1) is 13.0. The molecule has 1 unspecified atom stereocenters. The topological polar surface area (TPSA) is 91.8 Å². The van der Waals surface area contributed by atoms with E-state index in [0.29, 0.717) is 30.6 Å². The summed E-state index contributed by atoms with van der Waals surface area (Å²) >= 11 is 0. The second kappa shape index (κ2) is 11.0. The number of ether oxygens (including phenoxy) is 1. The number of carbonyl (C=O) groups is 1. The molecule has 0 heterocycles. The van der Waals surface area contributed by atoms with E-state index in [1.54, 1.807) is 7.05 Å². The summed E-state index contributed by atoms with van der Waals surface area (Å²) in [6, 6.07) is 9.80. The largest absolute Gasteiger partial charge is 0.444 e. The lowest BCUT2D eigenvalue weighted by Gasteiger charge is -2.29. The van der Waals surface area contributed by atoms with Crippen molar-refractivity contribution in [2.45, 2.75) is 51.5 Å². The third-order valence-electron chi connectivity index (χ3n) is 3.55. The van der Waals surface area contributed by atoms with E-state index in [2.05, 4.69) is 20.9 Å². The summed E-state index contributed by atoms with van der Waals surface area (Å²) < 4.78 is 17.5. The molecule has 3 N–H and O–H groups in total. The van der Waals surface area contributed by atoms with Gasteiger partial charge in [0.25, 0.3) is 0 Å². The molecule has 1 amide bonds. The van der Waals surface area contributed by atoms with Gasteiger partial charge in [0.2, 0.25) is 0 Å². The maximum atomic E-state index is 12.2. The fraction of sp³-hybridized carbons (Fsp3) is 0.600. The molecule has 28 heavy (non-hydrogen) atoms. The molecule has 0 fully saturated rings. The van der Waals surface area contributed by atoms with Crippen molar-refractivity contribution < 1.29 is 13.7 Å². The molecule has 0 saturated heterocycles. The molecule has 0 aliphatic rings. The van der Waals surface area contributed by atoms with Crippen LogP contribution < -0.4 is 16.0 Å². The average Bonchev–Trinajstić information content (AvgIpc) is 2.56. The van der Waals surface area contributed by atoms with Crippen molar-refractivity contribution in [1.29, 1.82) is 0 Å². The van der Waals surface area contributed by atoms with Gasteiger partial charge in [-0.15, -0.1) is 0 Å². The number of nitrogens with one attached hydrogen (secondary N) is 3. The molecule has 1 atom stereocenters. The predicted octanol–water partition coefficient (Wildman–Crippen LogP) is 2.40. The van der Waals surface area contributed by atoms with Crippen LogP contribution in [0.15, 0.2) is 35.3 Å². The normalized spacial score (nSPS) is 13.6. The summed E-state index contributed by atoms with van der Waals surface area (Å²) in [5.41, 5.74) is -0.00488. The number of hydrogen-bond acceptors (Lipinski definition) is 4. The fourth-order valence-corrected chi connectivity index (χ4v) is 3.30. The molecule has 1 aromatic carbocycles. The van der Waals surface area contributed by atoms with Gasteiger partial charge in [0.1, 0.15) is 5.60 Å². The molecule has 0 aromatic heterocycles. The Morgan fingerprint density at radius 2 is 1.75 bits per heavy atom. The summed E-state index contributed by atoms with van der Waals surface area (Å²) in [6.07, 6.45) is -0.460. The molecule has 0 aliphatic heterocycles.